The fourth-order valence-corrected chi connectivity index (χ4v) is 4.09. The fourth-order valence-electron chi connectivity index (χ4n) is 4.09. The van der Waals surface area contributed by atoms with Gasteiger partial charge in [-0.3, -0.25) is 9.59 Å². The van der Waals surface area contributed by atoms with Crippen molar-refractivity contribution in [1.29, 1.82) is 0 Å². The molecule has 0 saturated carbocycles. The highest BCUT2D eigenvalue weighted by atomic mass is 19.1. The number of ketones is 1. The first kappa shape index (κ1) is 23.5. The molecule has 3 rings (SSSR count). The SMILES string of the molecule is CCN(CC)CCCN1C(=O)C(=O)/C(=C(/O)c2ccccc2OC)C1c1ccc(F)cc1. The third kappa shape index (κ3) is 4.67. The summed E-state index contributed by atoms with van der Waals surface area (Å²) < 4.78 is 18.9. The summed E-state index contributed by atoms with van der Waals surface area (Å²) in [5.74, 6) is -1.77. The number of hydrogen-bond donors (Lipinski definition) is 1. The third-order valence-corrected chi connectivity index (χ3v) is 5.86. The number of carbonyl (C=O) groups is 2. The van der Waals surface area contributed by atoms with Crippen LogP contribution < -0.4 is 4.74 Å². The highest BCUT2D eigenvalue weighted by Gasteiger charge is 2.46. The molecule has 1 aliphatic rings. The predicted molar refractivity (Wildman–Crippen MR) is 121 cm³/mol. The average molecular weight is 441 g/mol. The third-order valence-electron chi connectivity index (χ3n) is 5.86. The van der Waals surface area contributed by atoms with Gasteiger partial charge in [-0.25, -0.2) is 4.39 Å². The van der Waals surface area contributed by atoms with Crippen molar-refractivity contribution in [1.82, 2.24) is 9.80 Å². The van der Waals surface area contributed by atoms with E-state index in [0.29, 0.717) is 29.8 Å². The highest BCUT2D eigenvalue weighted by molar-refractivity contribution is 6.46. The van der Waals surface area contributed by atoms with E-state index in [-0.39, 0.29) is 11.3 Å². The number of para-hydroxylation sites is 1. The Balaban J connectivity index is 2.06. The van der Waals surface area contributed by atoms with E-state index >= 15 is 0 Å². The number of hydrogen-bond acceptors (Lipinski definition) is 5. The number of ether oxygens (including phenoxy) is 1. The first-order valence-corrected chi connectivity index (χ1v) is 10.8. The zero-order valence-electron chi connectivity index (χ0n) is 18.7. The average Bonchev–Trinajstić information content (AvgIpc) is 3.06. The van der Waals surface area contributed by atoms with Crippen molar-refractivity contribution >= 4 is 17.4 Å². The van der Waals surface area contributed by atoms with Gasteiger partial charge in [0, 0.05) is 6.54 Å². The predicted octanol–water partition coefficient (Wildman–Crippen LogP) is 3.99. The molecule has 7 heteroatoms. The van der Waals surface area contributed by atoms with Crippen LogP contribution in [-0.4, -0.2) is 59.9 Å². The number of methoxy groups -OCH3 is 1. The van der Waals surface area contributed by atoms with Gasteiger partial charge in [0.25, 0.3) is 11.7 Å². The molecule has 2 aromatic carbocycles. The molecule has 0 aliphatic carbocycles. The molecule has 1 atom stereocenters. The van der Waals surface area contributed by atoms with Gasteiger partial charge in [0.05, 0.1) is 24.3 Å². The first-order valence-electron chi connectivity index (χ1n) is 10.8. The summed E-state index contributed by atoms with van der Waals surface area (Å²) >= 11 is 0. The largest absolute Gasteiger partial charge is 0.507 e. The second-order valence-corrected chi connectivity index (χ2v) is 7.62. The summed E-state index contributed by atoms with van der Waals surface area (Å²) in [5.41, 5.74) is 0.863. The Kier molecular flexibility index (Phi) is 7.64. The molecule has 1 aliphatic heterocycles. The van der Waals surface area contributed by atoms with E-state index in [1.807, 2.05) is 0 Å². The Morgan fingerprint density at radius 2 is 1.75 bits per heavy atom. The molecule has 1 heterocycles. The molecule has 6 nitrogen and oxygen atoms in total. The minimum atomic E-state index is -0.808. The summed E-state index contributed by atoms with van der Waals surface area (Å²) in [6.45, 7) is 7.04. The molecular formula is C25H29FN2O4. The number of aliphatic hydroxyl groups is 1. The van der Waals surface area contributed by atoms with Gasteiger partial charge in [-0.2, -0.15) is 0 Å². The topological polar surface area (TPSA) is 70.1 Å². The Labute approximate surface area is 187 Å². The van der Waals surface area contributed by atoms with E-state index in [1.165, 1.54) is 24.1 Å². The van der Waals surface area contributed by atoms with E-state index in [1.54, 1.807) is 36.4 Å². The summed E-state index contributed by atoms with van der Waals surface area (Å²) in [5, 5.41) is 11.1. The minimum absolute atomic E-state index is 0.0195. The Morgan fingerprint density at radius 1 is 1.09 bits per heavy atom. The van der Waals surface area contributed by atoms with Crippen LogP contribution in [0.3, 0.4) is 0 Å². The van der Waals surface area contributed by atoms with E-state index in [2.05, 4.69) is 18.7 Å². The molecule has 1 N–H and O–H groups in total. The van der Waals surface area contributed by atoms with E-state index < -0.39 is 23.5 Å². The summed E-state index contributed by atoms with van der Waals surface area (Å²) in [7, 11) is 1.47. The molecule has 1 saturated heterocycles. The lowest BCUT2D eigenvalue weighted by Crippen LogP contribution is -2.33. The molecular weight excluding hydrogens is 411 g/mol. The summed E-state index contributed by atoms with van der Waals surface area (Å²) in [4.78, 5) is 29.7. The lowest BCUT2D eigenvalue weighted by Gasteiger charge is -2.27. The standard InChI is InChI=1S/C25H29FN2O4/c1-4-27(5-2)15-8-16-28-22(17-11-13-18(26)14-12-17)21(24(30)25(28)31)23(29)19-9-6-7-10-20(19)32-3/h6-7,9-14,22,29H,4-5,8,15-16H2,1-3H3/b23-21+. The molecule has 32 heavy (non-hydrogen) atoms. The summed E-state index contributed by atoms with van der Waals surface area (Å²) in [6, 6.07) is 11.6. The lowest BCUT2D eigenvalue weighted by atomic mass is 9.95. The number of rotatable bonds is 9. The fraction of sp³-hybridized carbons (Fsp3) is 0.360. The van der Waals surface area contributed by atoms with Gasteiger partial charge >= 0.3 is 0 Å². The Hall–Kier alpha value is -3.19. The van der Waals surface area contributed by atoms with E-state index in [4.69, 9.17) is 4.74 Å². The number of aliphatic hydroxyl groups excluding tert-OH is 1. The van der Waals surface area contributed by atoms with Crippen LogP contribution in [0.2, 0.25) is 0 Å². The maximum Gasteiger partial charge on any atom is 0.295 e. The van der Waals surface area contributed by atoms with Crippen LogP contribution in [0.1, 0.15) is 37.4 Å². The van der Waals surface area contributed by atoms with Crippen molar-refractivity contribution in [3.8, 4) is 5.75 Å². The van der Waals surface area contributed by atoms with Crippen LogP contribution in [0, 0.1) is 5.82 Å². The number of Topliss-reactive ketones (excluding diaryl/α,β-unsaturated/α-hetero) is 1. The quantitative estimate of drug-likeness (QED) is 0.363. The monoisotopic (exact) mass is 440 g/mol. The van der Waals surface area contributed by atoms with Crippen LogP contribution in [0.25, 0.3) is 5.76 Å². The zero-order valence-corrected chi connectivity index (χ0v) is 18.7. The minimum Gasteiger partial charge on any atom is -0.507 e. The van der Waals surface area contributed by atoms with Gasteiger partial charge in [-0.15, -0.1) is 0 Å². The molecule has 0 bridgehead atoms. The molecule has 2 aromatic rings. The van der Waals surface area contributed by atoms with Gasteiger partial charge < -0.3 is 19.6 Å². The van der Waals surface area contributed by atoms with Crippen LogP contribution in [-0.2, 0) is 9.59 Å². The lowest BCUT2D eigenvalue weighted by molar-refractivity contribution is -0.140. The molecule has 0 aromatic heterocycles. The number of nitrogens with zero attached hydrogens (tertiary/aromatic N) is 2. The maximum absolute atomic E-state index is 13.6. The van der Waals surface area contributed by atoms with Crippen molar-refractivity contribution in [3.63, 3.8) is 0 Å². The normalized spacial score (nSPS) is 17.9. The second-order valence-electron chi connectivity index (χ2n) is 7.62. The van der Waals surface area contributed by atoms with Crippen molar-refractivity contribution in [3.05, 3.63) is 71.0 Å². The van der Waals surface area contributed by atoms with Gasteiger partial charge in [-0.05, 0) is 55.9 Å². The molecule has 0 spiro atoms. The molecule has 170 valence electrons. The number of halogens is 1. The Bertz CT molecular complexity index is 999. The number of carbonyl (C=O) groups excluding carboxylic acids is 2. The van der Waals surface area contributed by atoms with Gasteiger partial charge in [0.1, 0.15) is 17.3 Å². The smallest absolute Gasteiger partial charge is 0.295 e. The molecule has 1 unspecified atom stereocenters. The number of benzene rings is 2. The number of likely N-dealkylation sites (tertiary alicyclic amines) is 1. The van der Waals surface area contributed by atoms with E-state index in [9.17, 15) is 19.1 Å². The maximum atomic E-state index is 13.6. The molecule has 1 amide bonds. The Morgan fingerprint density at radius 3 is 2.38 bits per heavy atom. The van der Waals surface area contributed by atoms with Crippen LogP contribution in [0.5, 0.6) is 5.75 Å². The van der Waals surface area contributed by atoms with Gasteiger partial charge in [0.2, 0.25) is 0 Å². The van der Waals surface area contributed by atoms with Gasteiger partial charge in [0.15, 0.2) is 0 Å². The number of amides is 1. The summed E-state index contributed by atoms with van der Waals surface area (Å²) in [6.07, 6.45) is 0.668. The van der Waals surface area contributed by atoms with Crippen molar-refractivity contribution < 1.29 is 23.8 Å². The molecule has 0 radical (unpaired) electrons. The molecule has 1 fully saturated rings. The van der Waals surface area contributed by atoms with Crippen molar-refractivity contribution in [2.75, 3.05) is 33.3 Å². The van der Waals surface area contributed by atoms with Crippen LogP contribution in [0.15, 0.2) is 54.1 Å². The van der Waals surface area contributed by atoms with Crippen LogP contribution >= 0.6 is 0 Å². The van der Waals surface area contributed by atoms with Gasteiger partial charge in [-0.1, -0.05) is 38.1 Å². The van der Waals surface area contributed by atoms with Crippen molar-refractivity contribution in [2.45, 2.75) is 26.3 Å². The highest BCUT2D eigenvalue weighted by Crippen LogP contribution is 2.40. The van der Waals surface area contributed by atoms with E-state index in [0.717, 1.165) is 19.6 Å². The first-order chi connectivity index (χ1) is 15.4. The van der Waals surface area contributed by atoms with Crippen molar-refractivity contribution in [2.24, 2.45) is 0 Å². The zero-order chi connectivity index (χ0) is 23.3. The van der Waals surface area contributed by atoms with Crippen LogP contribution in [0.4, 0.5) is 4.39 Å². The second kappa shape index (κ2) is 10.4.